The van der Waals surface area contributed by atoms with Crippen LogP contribution in [-0.4, -0.2) is 76.6 Å². The number of carbonyl (C=O) groups excluding carboxylic acids is 4. The largest absolute Gasteiger partial charge is 0.457 e. The number of nitrogens with zero attached hydrogens (tertiary/aromatic N) is 5. The summed E-state index contributed by atoms with van der Waals surface area (Å²) in [6.45, 7) is 8.19. The predicted molar refractivity (Wildman–Crippen MR) is 282 cm³/mol. The number of carbonyl (C=O) groups is 4. The third kappa shape index (κ3) is 10.6. The van der Waals surface area contributed by atoms with Crippen molar-refractivity contribution in [1.29, 1.82) is 0 Å². The van der Waals surface area contributed by atoms with Gasteiger partial charge in [-0.2, -0.15) is 4.68 Å². The number of nitrogens with one attached hydrogen (secondary N) is 2. The van der Waals surface area contributed by atoms with Gasteiger partial charge >= 0.3 is 11.9 Å². The topological polar surface area (TPSA) is 174 Å². The quantitative estimate of drug-likeness (QED) is 0.0230. The summed E-state index contributed by atoms with van der Waals surface area (Å²) >= 11 is 1.20. The average molecular weight is 1030 g/mol. The van der Waals surface area contributed by atoms with Crippen molar-refractivity contribution in [2.24, 2.45) is 12.2 Å². The van der Waals surface area contributed by atoms with Gasteiger partial charge in [0, 0.05) is 11.4 Å². The molecule has 0 radical (unpaired) electrons. The van der Waals surface area contributed by atoms with Gasteiger partial charge in [0.2, 0.25) is 5.60 Å². The van der Waals surface area contributed by atoms with Gasteiger partial charge in [0.25, 0.3) is 11.8 Å². The van der Waals surface area contributed by atoms with Crippen molar-refractivity contribution in [3.05, 3.63) is 220 Å². The number of rotatable bonds is 17. The van der Waals surface area contributed by atoms with E-state index in [4.69, 9.17) is 19.3 Å². The van der Waals surface area contributed by atoms with Crippen LogP contribution in [0, 0.1) is 0 Å². The van der Waals surface area contributed by atoms with E-state index < -0.39 is 68.8 Å². The molecule has 74 heavy (non-hydrogen) atoms. The number of β-lactam (4-membered cyclic amide) rings is 1. The third-order valence-corrected chi connectivity index (χ3v) is 15.0. The number of hydrogen-bond acceptors (Lipinski definition) is 12. The van der Waals surface area contributed by atoms with Gasteiger partial charge in [0.15, 0.2) is 30.2 Å². The minimum absolute atomic E-state index is 0.0466. The molecule has 0 aliphatic carbocycles. The maximum Gasteiger partial charge on any atom is 0.356 e. The molecule has 0 spiro atoms. The molecule has 1 saturated heterocycles. The van der Waals surface area contributed by atoms with Gasteiger partial charge < -0.3 is 24.9 Å². The summed E-state index contributed by atoms with van der Waals surface area (Å²) in [6.07, 6.45) is 2.78. The number of oxime groups is 1. The molecular weight excluding hydrogens is 975 g/mol. The highest BCUT2D eigenvalue weighted by molar-refractivity contribution is 7.86. The molecule has 5 aromatic carbocycles. The minimum Gasteiger partial charge on any atom is -0.457 e. The molecule has 0 bridgehead atoms. The lowest BCUT2D eigenvalue weighted by Crippen LogP contribution is -2.74. The molecule has 378 valence electrons. The molecular formula is C57H56N7O8S2+. The Morgan fingerprint density at radius 1 is 0.797 bits per heavy atom. The van der Waals surface area contributed by atoms with E-state index in [1.807, 2.05) is 176 Å². The van der Waals surface area contributed by atoms with Crippen LogP contribution < -0.4 is 15.3 Å². The van der Waals surface area contributed by atoms with Crippen molar-refractivity contribution >= 4 is 56.7 Å². The Labute approximate surface area is 435 Å². The second-order valence-corrected chi connectivity index (χ2v) is 21.7. The Bertz CT molecular complexity index is 3110. The summed E-state index contributed by atoms with van der Waals surface area (Å²) in [4.78, 5) is 69.7. The highest BCUT2D eigenvalue weighted by Gasteiger charge is 2.58. The minimum atomic E-state index is -1.82. The summed E-state index contributed by atoms with van der Waals surface area (Å²) in [5.41, 5.74) is 0.627. The van der Waals surface area contributed by atoms with E-state index in [2.05, 4.69) is 15.8 Å². The van der Waals surface area contributed by atoms with Crippen LogP contribution in [0.5, 0.6) is 0 Å². The van der Waals surface area contributed by atoms with E-state index in [1.54, 1.807) is 37.0 Å². The maximum absolute atomic E-state index is 14.9. The van der Waals surface area contributed by atoms with Crippen molar-refractivity contribution in [3.8, 4) is 0 Å². The van der Waals surface area contributed by atoms with Crippen LogP contribution in [0.3, 0.4) is 0 Å². The fourth-order valence-electron chi connectivity index (χ4n) is 8.92. The Morgan fingerprint density at radius 3 is 1.82 bits per heavy atom. The van der Waals surface area contributed by atoms with E-state index in [9.17, 15) is 23.4 Å². The van der Waals surface area contributed by atoms with Gasteiger partial charge in [-0.1, -0.05) is 157 Å². The van der Waals surface area contributed by atoms with Gasteiger partial charge in [-0.25, -0.2) is 14.6 Å². The first-order valence-corrected chi connectivity index (χ1v) is 26.3. The van der Waals surface area contributed by atoms with Crippen molar-refractivity contribution in [3.63, 3.8) is 0 Å². The molecule has 7 aromatic rings. The van der Waals surface area contributed by atoms with Crippen molar-refractivity contribution in [2.45, 2.75) is 75.4 Å². The molecule has 2 aromatic heterocycles. The maximum atomic E-state index is 14.9. The van der Waals surface area contributed by atoms with Crippen LogP contribution >= 0.6 is 11.3 Å². The van der Waals surface area contributed by atoms with Gasteiger partial charge in [-0.3, -0.25) is 18.7 Å². The average Bonchev–Trinajstić information content (AvgIpc) is 4.05. The monoisotopic (exact) mass is 1030 g/mol. The smallest absolute Gasteiger partial charge is 0.356 e. The highest BCUT2D eigenvalue weighted by Crippen LogP contribution is 2.42. The zero-order valence-corrected chi connectivity index (χ0v) is 43.3. The molecule has 9 rings (SSSR count). The number of ether oxygens (including phenoxy) is 2. The number of amides is 2. The van der Waals surface area contributed by atoms with Crippen LogP contribution in [0.1, 0.15) is 74.2 Å². The summed E-state index contributed by atoms with van der Waals surface area (Å²) in [6, 6.07) is 48.7. The fraction of sp³-hybridized carbons (Fsp3) is 0.246. The Balaban J connectivity index is 1.06. The van der Waals surface area contributed by atoms with Crippen LogP contribution in [0.15, 0.2) is 192 Å². The molecule has 0 saturated carbocycles. The highest BCUT2D eigenvalue weighted by atomic mass is 32.2. The third-order valence-electron chi connectivity index (χ3n) is 12.6. The molecule has 17 heteroatoms. The van der Waals surface area contributed by atoms with Gasteiger partial charge in [0.1, 0.15) is 40.5 Å². The number of hydrogen-bond donors (Lipinski definition) is 2. The summed E-state index contributed by atoms with van der Waals surface area (Å²) in [5.74, 6) is -3.25. The molecule has 2 amide bonds. The first-order valence-electron chi connectivity index (χ1n) is 24.0. The van der Waals surface area contributed by atoms with Crippen molar-refractivity contribution < 1.29 is 42.4 Å². The lowest BCUT2D eigenvalue weighted by molar-refractivity contribution is -0.752. The summed E-state index contributed by atoms with van der Waals surface area (Å²) in [7, 11) is 0.00381. The molecule has 2 N–H and O–H groups in total. The van der Waals surface area contributed by atoms with Crippen LogP contribution in [0.25, 0.3) is 0 Å². The number of fused-ring (bicyclic) bond motifs is 1. The standard InChI is InChI=1S/C57H55N7O8S2/c1-55(2,3)71-53(68)56(4,5)72-61-45(44-36-73-54(58-44)60-57(41-27-16-9-17-28-41,42-29-18-10-19-30-42)43-31-20-11-21-32-43)49(65)59-46-50(66)64-47(40(37-74(69)51(46)64)35-63-34-22-33-62(63)6)52(67)70-48(38-23-12-7-13-24-38)39-25-14-8-15-26-39/h7-34,36,46,48,51H,35,37H2,1-6H3,(H-,58,59,60,65)/p+1/b61-45-/t46-,51-,74+/m1/s1. The summed E-state index contributed by atoms with van der Waals surface area (Å²) in [5, 5.41) is 11.6. The SMILES string of the molecule is C[n+]1cccn1CC1=C(C(=O)OC(c2ccccc2)c2ccccc2)N2C(=O)[C@@H](NC(=O)/C(=N\OC(C)(C)C(=O)OC(C)(C)C)c3csc(NC(c4ccccc4)(c4ccccc4)c4ccccc4)n3)[C@H]2[S@@](=O)C1. The normalized spacial score (nSPS) is 17.0. The Hall–Kier alpha value is -8.02. The second-order valence-electron chi connectivity index (χ2n) is 19.4. The molecule has 3 atom stereocenters. The first-order chi connectivity index (χ1) is 35.5. The second kappa shape index (κ2) is 21.2. The van der Waals surface area contributed by atoms with Crippen LogP contribution in [0.2, 0.25) is 0 Å². The summed E-state index contributed by atoms with van der Waals surface area (Å²) < 4.78 is 30.1. The molecule has 15 nitrogen and oxygen atoms in total. The molecule has 2 aliphatic rings. The zero-order chi connectivity index (χ0) is 52.2. The van der Waals surface area contributed by atoms with Gasteiger partial charge in [0.05, 0.1) is 22.7 Å². The molecule has 4 heterocycles. The Morgan fingerprint density at radius 2 is 1.32 bits per heavy atom. The van der Waals surface area contributed by atoms with Crippen molar-refractivity contribution in [2.75, 3.05) is 11.1 Å². The van der Waals surface area contributed by atoms with Crippen LogP contribution in [0.4, 0.5) is 5.13 Å². The molecule has 0 unspecified atom stereocenters. The number of esters is 2. The first kappa shape index (κ1) is 50.9. The lowest BCUT2D eigenvalue weighted by Gasteiger charge is -2.49. The molecule has 2 aliphatic heterocycles. The van der Waals surface area contributed by atoms with Crippen LogP contribution in [-0.2, 0) is 63.4 Å². The fourth-order valence-corrected chi connectivity index (χ4v) is 11.3. The predicted octanol–water partition coefficient (Wildman–Crippen LogP) is 7.72. The number of aryl methyl sites for hydroxylation is 1. The number of aromatic nitrogens is 3. The number of benzene rings is 5. The van der Waals surface area contributed by atoms with E-state index in [-0.39, 0.29) is 29.4 Å². The number of anilines is 1. The van der Waals surface area contributed by atoms with Gasteiger partial charge in [-0.15, -0.1) is 16.0 Å². The molecule has 1 fully saturated rings. The van der Waals surface area contributed by atoms with E-state index in [0.29, 0.717) is 21.8 Å². The number of thiazole rings is 1. The zero-order valence-electron chi connectivity index (χ0n) is 41.7. The van der Waals surface area contributed by atoms with Crippen molar-refractivity contribution in [1.82, 2.24) is 19.9 Å². The Kier molecular flexibility index (Phi) is 14.6. The lowest BCUT2D eigenvalue weighted by atomic mass is 9.77. The van der Waals surface area contributed by atoms with Gasteiger partial charge in [-0.05, 0) is 68.0 Å². The van der Waals surface area contributed by atoms with E-state index in [1.165, 1.54) is 30.1 Å². The van der Waals surface area contributed by atoms with E-state index in [0.717, 1.165) is 16.7 Å². The van der Waals surface area contributed by atoms with E-state index >= 15 is 0 Å².